The Morgan fingerprint density at radius 2 is 2.53 bits per heavy atom. The molecule has 1 aromatic heterocycles. The van der Waals surface area contributed by atoms with Crippen LogP contribution in [0.4, 0.5) is 5.69 Å². The summed E-state index contributed by atoms with van der Waals surface area (Å²) in [6.07, 6.45) is 4.17. The van der Waals surface area contributed by atoms with E-state index in [1.165, 1.54) is 18.6 Å². The molecule has 0 amide bonds. The minimum atomic E-state index is 0.475. The number of nitriles is 1. The van der Waals surface area contributed by atoms with Crippen molar-refractivity contribution >= 4 is 17.4 Å². The fraction of sp³-hybridized carbons (Fsp3) is 0.455. The first-order valence-corrected chi connectivity index (χ1v) is 6.24. The Morgan fingerprint density at radius 1 is 1.60 bits per heavy atom. The Morgan fingerprint density at radius 3 is 3.27 bits per heavy atom. The average molecular weight is 219 g/mol. The van der Waals surface area contributed by atoms with Gasteiger partial charge in [0.1, 0.15) is 11.8 Å². The second-order valence-corrected chi connectivity index (χ2v) is 4.75. The van der Waals surface area contributed by atoms with Gasteiger partial charge >= 0.3 is 0 Å². The van der Waals surface area contributed by atoms with Gasteiger partial charge in [-0.3, -0.25) is 0 Å². The molecule has 78 valence electrons. The van der Waals surface area contributed by atoms with Crippen molar-refractivity contribution in [1.82, 2.24) is 4.98 Å². The topological polar surface area (TPSA) is 48.7 Å². The fourth-order valence-electron chi connectivity index (χ4n) is 1.67. The van der Waals surface area contributed by atoms with Crippen LogP contribution in [-0.2, 0) is 0 Å². The van der Waals surface area contributed by atoms with Gasteiger partial charge < -0.3 is 5.32 Å². The molecule has 15 heavy (non-hydrogen) atoms. The predicted molar refractivity (Wildman–Crippen MR) is 62.9 cm³/mol. The zero-order valence-electron chi connectivity index (χ0n) is 8.44. The monoisotopic (exact) mass is 219 g/mol. The third-order valence-electron chi connectivity index (χ3n) is 2.41. The van der Waals surface area contributed by atoms with Crippen molar-refractivity contribution in [3.8, 4) is 6.07 Å². The summed E-state index contributed by atoms with van der Waals surface area (Å²) in [6.45, 7) is 0. The van der Waals surface area contributed by atoms with Crippen LogP contribution >= 0.6 is 11.8 Å². The fourth-order valence-corrected chi connectivity index (χ4v) is 2.74. The van der Waals surface area contributed by atoms with Gasteiger partial charge in [0, 0.05) is 23.7 Å². The predicted octanol–water partition coefficient (Wildman–Crippen LogP) is 2.26. The second-order valence-electron chi connectivity index (χ2n) is 3.60. The molecule has 0 radical (unpaired) electrons. The summed E-state index contributed by atoms with van der Waals surface area (Å²) < 4.78 is 0. The van der Waals surface area contributed by atoms with Crippen molar-refractivity contribution in [2.24, 2.45) is 0 Å². The molecular formula is C11H13N3S. The van der Waals surface area contributed by atoms with Crippen LogP contribution in [0.1, 0.15) is 18.5 Å². The van der Waals surface area contributed by atoms with E-state index in [1.807, 2.05) is 23.9 Å². The highest BCUT2D eigenvalue weighted by Gasteiger charge is 2.13. The van der Waals surface area contributed by atoms with Crippen molar-refractivity contribution < 1.29 is 0 Å². The Labute approximate surface area is 93.9 Å². The van der Waals surface area contributed by atoms with Crippen molar-refractivity contribution in [2.75, 3.05) is 16.8 Å². The molecule has 1 aromatic rings. The number of rotatable bonds is 2. The van der Waals surface area contributed by atoms with E-state index in [4.69, 9.17) is 5.26 Å². The maximum absolute atomic E-state index is 8.72. The lowest BCUT2D eigenvalue weighted by Crippen LogP contribution is -2.25. The lowest BCUT2D eigenvalue weighted by Gasteiger charge is -2.23. The number of hydrogen-bond acceptors (Lipinski definition) is 4. The molecular weight excluding hydrogens is 206 g/mol. The number of pyridine rings is 1. The minimum absolute atomic E-state index is 0.475. The molecule has 1 atom stereocenters. The Hall–Kier alpha value is -1.21. The number of aromatic nitrogens is 1. The van der Waals surface area contributed by atoms with Gasteiger partial charge in [-0.1, -0.05) is 0 Å². The van der Waals surface area contributed by atoms with E-state index in [0.29, 0.717) is 11.7 Å². The minimum Gasteiger partial charge on any atom is -0.381 e. The molecule has 0 aliphatic carbocycles. The first-order chi connectivity index (χ1) is 7.38. The molecule has 1 aliphatic rings. The van der Waals surface area contributed by atoms with E-state index in [2.05, 4.69) is 10.3 Å². The number of hydrogen-bond donors (Lipinski definition) is 1. The average Bonchev–Trinajstić information content (AvgIpc) is 2.31. The summed E-state index contributed by atoms with van der Waals surface area (Å²) >= 11 is 1.99. The quantitative estimate of drug-likeness (QED) is 0.829. The maximum Gasteiger partial charge on any atom is 0.142 e. The third-order valence-corrected chi connectivity index (χ3v) is 3.62. The number of anilines is 1. The van der Waals surface area contributed by atoms with Crippen molar-refractivity contribution in [2.45, 2.75) is 18.9 Å². The van der Waals surface area contributed by atoms with Gasteiger partial charge in [0.25, 0.3) is 0 Å². The molecule has 1 aliphatic heterocycles. The van der Waals surface area contributed by atoms with Gasteiger partial charge in [-0.2, -0.15) is 17.0 Å². The Kier molecular flexibility index (Phi) is 3.46. The zero-order valence-corrected chi connectivity index (χ0v) is 9.26. The van der Waals surface area contributed by atoms with E-state index < -0.39 is 0 Å². The van der Waals surface area contributed by atoms with Crippen LogP contribution in [0.2, 0.25) is 0 Å². The van der Waals surface area contributed by atoms with E-state index in [1.54, 1.807) is 12.3 Å². The third kappa shape index (κ3) is 2.87. The molecule has 2 rings (SSSR count). The van der Waals surface area contributed by atoms with Crippen LogP contribution < -0.4 is 5.32 Å². The molecule has 1 N–H and O–H groups in total. The van der Waals surface area contributed by atoms with E-state index >= 15 is 0 Å². The summed E-state index contributed by atoms with van der Waals surface area (Å²) in [5.41, 5.74) is 1.48. The Balaban J connectivity index is 2.00. The molecule has 0 aromatic carbocycles. The van der Waals surface area contributed by atoms with E-state index in [9.17, 15) is 0 Å². The molecule has 0 spiro atoms. The van der Waals surface area contributed by atoms with Crippen LogP contribution in [0.3, 0.4) is 0 Å². The summed E-state index contributed by atoms with van der Waals surface area (Å²) in [6, 6.07) is 6.31. The van der Waals surface area contributed by atoms with E-state index in [-0.39, 0.29) is 0 Å². The summed E-state index contributed by atoms with van der Waals surface area (Å²) in [4.78, 5) is 3.94. The largest absolute Gasteiger partial charge is 0.381 e. The maximum atomic E-state index is 8.72. The highest BCUT2D eigenvalue weighted by atomic mass is 32.2. The summed E-state index contributed by atoms with van der Waals surface area (Å²) in [5.74, 6) is 2.43. The molecule has 2 heterocycles. The van der Waals surface area contributed by atoms with Crippen LogP contribution in [0.5, 0.6) is 0 Å². The smallest absolute Gasteiger partial charge is 0.142 e. The highest BCUT2D eigenvalue weighted by Crippen LogP contribution is 2.20. The lowest BCUT2D eigenvalue weighted by molar-refractivity contribution is 0.685. The normalized spacial score (nSPS) is 20.6. The molecule has 1 saturated heterocycles. The van der Waals surface area contributed by atoms with Gasteiger partial charge in [-0.25, -0.2) is 4.98 Å². The molecule has 1 unspecified atom stereocenters. The van der Waals surface area contributed by atoms with Crippen LogP contribution in [0, 0.1) is 11.3 Å². The van der Waals surface area contributed by atoms with Crippen LogP contribution in [0.25, 0.3) is 0 Å². The standard InChI is InChI=1S/C11H13N3S/c12-7-11-6-9(3-4-13-11)14-10-2-1-5-15-8-10/h3-4,6,10H,1-2,5,8H2,(H,13,14). The zero-order chi connectivity index (χ0) is 10.5. The molecule has 4 heteroatoms. The van der Waals surface area contributed by atoms with Crippen LogP contribution in [0.15, 0.2) is 18.3 Å². The number of nitrogens with one attached hydrogen (secondary N) is 1. The Bertz CT molecular complexity index is 366. The second kappa shape index (κ2) is 5.04. The van der Waals surface area contributed by atoms with Gasteiger partial charge in [0.2, 0.25) is 0 Å². The van der Waals surface area contributed by atoms with Gasteiger partial charge in [-0.15, -0.1) is 0 Å². The first kappa shape index (κ1) is 10.3. The molecule has 3 nitrogen and oxygen atoms in total. The van der Waals surface area contributed by atoms with Crippen LogP contribution in [-0.4, -0.2) is 22.5 Å². The summed E-state index contributed by atoms with van der Waals surface area (Å²) in [7, 11) is 0. The molecule has 1 fully saturated rings. The summed E-state index contributed by atoms with van der Waals surface area (Å²) in [5, 5.41) is 12.2. The number of nitrogens with zero attached hydrogens (tertiary/aromatic N) is 2. The van der Waals surface area contributed by atoms with Gasteiger partial charge in [0.05, 0.1) is 0 Å². The van der Waals surface area contributed by atoms with Crippen molar-refractivity contribution in [1.29, 1.82) is 5.26 Å². The van der Waals surface area contributed by atoms with Crippen molar-refractivity contribution in [3.05, 3.63) is 24.0 Å². The van der Waals surface area contributed by atoms with Gasteiger partial charge in [-0.05, 0) is 30.7 Å². The SMILES string of the molecule is N#Cc1cc(NC2CCCSC2)ccn1. The van der Waals surface area contributed by atoms with E-state index in [0.717, 1.165) is 11.4 Å². The number of thioether (sulfide) groups is 1. The van der Waals surface area contributed by atoms with Gasteiger partial charge in [0.15, 0.2) is 0 Å². The lowest BCUT2D eigenvalue weighted by atomic mass is 10.2. The molecule has 0 saturated carbocycles. The van der Waals surface area contributed by atoms with Crippen molar-refractivity contribution in [3.63, 3.8) is 0 Å². The first-order valence-electron chi connectivity index (χ1n) is 5.09. The highest BCUT2D eigenvalue weighted by molar-refractivity contribution is 7.99. The molecule has 0 bridgehead atoms.